The summed E-state index contributed by atoms with van der Waals surface area (Å²) in [6, 6.07) is 47.1. The van der Waals surface area contributed by atoms with Gasteiger partial charge < -0.3 is 9.13 Å². The minimum atomic E-state index is -0.169. The van der Waals surface area contributed by atoms with Crippen LogP contribution >= 0.6 is 0 Å². The maximum atomic E-state index is 9.70. The molecule has 0 saturated carbocycles. The molecule has 0 spiro atoms. The summed E-state index contributed by atoms with van der Waals surface area (Å²) in [5.41, 5.74) is 12.6. The van der Waals surface area contributed by atoms with E-state index in [9.17, 15) is 10.5 Å². The molecule has 0 atom stereocenters. The number of nitriles is 2. The number of nitrogens with zero attached hydrogens (tertiary/aromatic N) is 4. The molecule has 4 nitrogen and oxygen atoms in total. The van der Waals surface area contributed by atoms with E-state index in [4.69, 9.17) is 0 Å². The molecule has 4 heteroatoms. The van der Waals surface area contributed by atoms with Crippen LogP contribution in [-0.4, -0.2) is 9.13 Å². The Morgan fingerprint density at radius 3 is 1.71 bits per heavy atom. The number of para-hydroxylation sites is 2. The summed E-state index contributed by atoms with van der Waals surface area (Å²) < 4.78 is 4.67. The molecule has 6 aromatic carbocycles. The Balaban J connectivity index is 1.33. The molecule has 0 radical (unpaired) electrons. The molecule has 0 bridgehead atoms. The lowest BCUT2D eigenvalue weighted by Crippen LogP contribution is -2.14. The average molecular weight is 575 g/mol. The highest BCUT2D eigenvalue weighted by Crippen LogP contribution is 2.51. The van der Waals surface area contributed by atoms with Crippen molar-refractivity contribution in [3.8, 4) is 34.6 Å². The molecule has 9 rings (SSSR count). The number of rotatable bonds is 2. The van der Waals surface area contributed by atoms with Gasteiger partial charge in [0.2, 0.25) is 0 Å². The molecular formula is C41H26N4. The Morgan fingerprint density at radius 1 is 0.467 bits per heavy atom. The van der Waals surface area contributed by atoms with E-state index in [1.165, 1.54) is 27.5 Å². The summed E-state index contributed by atoms with van der Waals surface area (Å²) in [5.74, 6) is 0. The third-order valence-electron chi connectivity index (χ3n) is 9.75. The summed E-state index contributed by atoms with van der Waals surface area (Å²) in [6.45, 7) is 4.56. The van der Waals surface area contributed by atoms with Crippen LogP contribution in [0.5, 0.6) is 0 Å². The van der Waals surface area contributed by atoms with Crippen molar-refractivity contribution < 1.29 is 0 Å². The fraction of sp³-hybridized carbons (Fsp3) is 0.0732. The second-order valence-electron chi connectivity index (χ2n) is 12.5. The highest BCUT2D eigenvalue weighted by Gasteiger charge is 2.36. The molecule has 0 N–H and O–H groups in total. The fourth-order valence-corrected chi connectivity index (χ4v) is 7.65. The Morgan fingerprint density at radius 2 is 1.02 bits per heavy atom. The molecule has 210 valence electrons. The van der Waals surface area contributed by atoms with Gasteiger partial charge in [-0.2, -0.15) is 10.5 Å². The van der Waals surface area contributed by atoms with Crippen molar-refractivity contribution in [2.24, 2.45) is 0 Å². The van der Waals surface area contributed by atoms with Crippen LogP contribution in [0.4, 0.5) is 0 Å². The molecule has 1 aliphatic carbocycles. The smallest absolute Gasteiger partial charge is 0.0991 e. The third-order valence-corrected chi connectivity index (χ3v) is 9.75. The van der Waals surface area contributed by atoms with Gasteiger partial charge in [0, 0.05) is 38.3 Å². The normalized spacial score (nSPS) is 13.2. The van der Waals surface area contributed by atoms with Crippen LogP contribution in [0.3, 0.4) is 0 Å². The maximum absolute atomic E-state index is 9.70. The van der Waals surface area contributed by atoms with Crippen molar-refractivity contribution >= 4 is 43.6 Å². The van der Waals surface area contributed by atoms with Gasteiger partial charge in [-0.25, -0.2) is 0 Å². The van der Waals surface area contributed by atoms with Crippen LogP contribution in [0.25, 0.3) is 66.1 Å². The quantitative estimate of drug-likeness (QED) is 0.206. The van der Waals surface area contributed by atoms with Crippen molar-refractivity contribution in [3.63, 3.8) is 0 Å². The molecule has 2 aromatic heterocycles. The Kier molecular flexibility index (Phi) is 5.06. The van der Waals surface area contributed by atoms with Crippen molar-refractivity contribution in [1.82, 2.24) is 9.13 Å². The van der Waals surface area contributed by atoms with Gasteiger partial charge in [0.05, 0.1) is 45.3 Å². The van der Waals surface area contributed by atoms with Gasteiger partial charge in [-0.05, 0) is 95.1 Å². The first kappa shape index (κ1) is 25.4. The van der Waals surface area contributed by atoms with E-state index >= 15 is 0 Å². The number of hydrogen-bond donors (Lipinski definition) is 0. The Bertz CT molecular complexity index is 2650. The van der Waals surface area contributed by atoms with Crippen LogP contribution in [-0.2, 0) is 5.41 Å². The Hall–Kier alpha value is -6.10. The van der Waals surface area contributed by atoms with Gasteiger partial charge in [-0.3, -0.25) is 0 Å². The molecular weight excluding hydrogens is 548 g/mol. The van der Waals surface area contributed by atoms with E-state index in [2.05, 4.69) is 132 Å². The van der Waals surface area contributed by atoms with E-state index < -0.39 is 0 Å². The zero-order valence-corrected chi connectivity index (χ0v) is 24.8. The molecule has 0 unspecified atom stereocenters. The van der Waals surface area contributed by atoms with Gasteiger partial charge in [-0.15, -0.1) is 0 Å². The number of hydrogen-bond acceptors (Lipinski definition) is 2. The minimum absolute atomic E-state index is 0.169. The molecule has 0 fully saturated rings. The summed E-state index contributed by atoms with van der Waals surface area (Å²) >= 11 is 0. The van der Waals surface area contributed by atoms with Crippen LogP contribution in [0.15, 0.2) is 121 Å². The lowest BCUT2D eigenvalue weighted by molar-refractivity contribution is 0.661. The lowest BCUT2D eigenvalue weighted by Gasteiger charge is -2.21. The molecule has 8 aromatic rings. The van der Waals surface area contributed by atoms with Crippen molar-refractivity contribution in [2.45, 2.75) is 19.3 Å². The first-order chi connectivity index (χ1) is 22.0. The number of benzene rings is 6. The van der Waals surface area contributed by atoms with Crippen LogP contribution in [0.1, 0.15) is 36.1 Å². The standard InChI is InChI=1S/C41H26N4/c1-41(2)35-16-14-25(23-42)18-31(35)32-22-40-34(21-36(32)41)30-11-4-6-13-38(30)45(40)28-9-7-8-27(20-28)44-37-12-5-3-10-29(37)33-19-26(24-43)15-17-39(33)44/h3-22H,1-2H3. The minimum Gasteiger partial charge on any atom is -0.309 e. The molecule has 0 amide bonds. The fourth-order valence-electron chi connectivity index (χ4n) is 7.65. The second-order valence-corrected chi connectivity index (χ2v) is 12.5. The molecule has 0 saturated heterocycles. The highest BCUT2D eigenvalue weighted by molar-refractivity contribution is 6.12. The van der Waals surface area contributed by atoms with Crippen LogP contribution < -0.4 is 0 Å². The summed E-state index contributed by atoms with van der Waals surface area (Å²) in [4.78, 5) is 0. The van der Waals surface area contributed by atoms with E-state index in [0.29, 0.717) is 11.1 Å². The maximum Gasteiger partial charge on any atom is 0.0991 e. The molecule has 1 aliphatic rings. The lowest BCUT2D eigenvalue weighted by atomic mass is 9.82. The second kappa shape index (κ2) is 8.96. The highest BCUT2D eigenvalue weighted by atomic mass is 15.0. The van der Waals surface area contributed by atoms with E-state index in [0.717, 1.165) is 49.8 Å². The summed E-state index contributed by atoms with van der Waals surface area (Å²) in [6.07, 6.45) is 0. The SMILES string of the molecule is CC1(C)c2ccc(C#N)cc2-c2cc3c(cc21)c1ccccc1n3-c1cccc(-n2c3ccccc3c3cc(C#N)ccc32)c1. The van der Waals surface area contributed by atoms with Gasteiger partial charge in [-0.1, -0.05) is 62.4 Å². The average Bonchev–Trinajstić information content (AvgIpc) is 3.66. The molecule has 45 heavy (non-hydrogen) atoms. The van der Waals surface area contributed by atoms with Crippen molar-refractivity contribution in [1.29, 1.82) is 10.5 Å². The predicted octanol–water partition coefficient (Wildman–Crippen LogP) is 9.93. The van der Waals surface area contributed by atoms with Gasteiger partial charge in [0.15, 0.2) is 0 Å². The first-order valence-electron chi connectivity index (χ1n) is 15.1. The van der Waals surface area contributed by atoms with E-state index in [1.807, 2.05) is 24.3 Å². The summed E-state index contributed by atoms with van der Waals surface area (Å²) in [5, 5.41) is 23.9. The predicted molar refractivity (Wildman–Crippen MR) is 182 cm³/mol. The molecule has 2 heterocycles. The zero-order valence-electron chi connectivity index (χ0n) is 24.8. The largest absolute Gasteiger partial charge is 0.309 e. The van der Waals surface area contributed by atoms with E-state index in [-0.39, 0.29) is 5.41 Å². The third kappa shape index (κ3) is 3.40. The monoisotopic (exact) mass is 574 g/mol. The van der Waals surface area contributed by atoms with Gasteiger partial charge in [0.25, 0.3) is 0 Å². The first-order valence-corrected chi connectivity index (χ1v) is 15.1. The van der Waals surface area contributed by atoms with Crippen LogP contribution in [0.2, 0.25) is 0 Å². The number of aromatic nitrogens is 2. The molecule has 0 aliphatic heterocycles. The Labute approximate surface area is 260 Å². The van der Waals surface area contributed by atoms with Crippen molar-refractivity contribution in [2.75, 3.05) is 0 Å². The van der Waals surface area contributed by atoms with E-state index in [1.54, 1.807) is 0 Å². The zero-order chi connectivity index (χ0) is 30.4. The van der Waals surface area contributed by atoms with Crippen molar-refractivity contribution in [3.05, 3.63) is 144 Å². The van der Waals surface area contributed by atoms with Gasteiger partial charge in [0.1, 0.15) is 0 Å². The number of fused-ring (bicyclic) bond motifs is 9. The summed E-state index contributed by atoms with van der Waals surface area (Å²) in [7, 11) is 0. The van der Waals surface area contributed by atoms with Crippen LogP contribution in [0, 0.1) is 22.7 Å². The van der Waals surface area contributed by atoms with Gasteiger partial charge >= 0.3 is 0 Å². The topological polar surface area (TPSA) is 57.4 Å².